The number of rotatable bonds is 11. The summed E-state index contributed by atoms with van der Waals surface area (Å²) in [5.74, 6) is 2.53. The molecule has 0 aliphatic carbocycles. The van der Waals surface area contributed by atoms with E-state index < -0.39 is 0 Å². The average Bonchev–Trinajstić information content (AvgIpc) is 2.78. The Hall–Kier alpha value is -3.25. The Morgan fingerprint density at radius 2 is 1.58 bits per heavy atom. The highest BCUT2D eigenvalue weighted by Gasteiger charge is 2.06. The Balaban J connectivity index is 1.40. The molecule has 0 atom stereocenters. The largest absolute Gasteiger partial charge is 0.497 e. The van der Waals surface area contributed by atoms with E-state index in [1.165, 1.54) is 0 Å². The maximum atomic E-state index is 6.06. The SMILES string of the molecule is COc1ccc(-c2ccccc2OCCCCCOc2cccc(NC(N)=S)c2)cc1. The predicted molar refractivity (Wildman–Crippen MR) is 130 cm³/mol. The van der Waals surface area contributed by atoms with Crippen LogP contribution in [-0.4, -0.2) is 25.4 Å². The highest BCUT2D eigenvalue weighted by Crippen LogP contribution is 2.31. The van der Waals surface area contributed by atoms with Gasteiger partial charge in [0.25, 0.3) is 0 Å². The number of para-hydroxylation sites is 1. The number of anilines is 1. The molecule has 31 heavy (non-hydrogen) atoms. The summed E-state index contributed by atoms with van der Waals surface area (Å²) in [5, 5.41) is 3.15. The molecule has 3 aromatic rings. The fraction of sp³-hybridized carbons (Fsp3) is 0.240. The zero-order valence-corrected chi connectivity index (χ0v) is 18.5. The summed E-state index contributed by atoms with van der Waals surface area (Å²) in [7, 11) is 1.67. The maximum Gasteiger partial charge on any atom is 0.168 e. The van der Waals surface area contributed by atoms with Crippen LogP contribution >= 0.6 is 12.2 Å². The fourth-order valence-corrected chi connectivity index (χ4v) is 3.28. The van der Waals surface area contributed by atoms with Crippen molar-refractivity contribution >= 4 is 23.0 Å². The summed E-state index contributed by atoms with van der Waals surface area (Å²) >= 11 is 4.86. The minimum Gasteiger partial charge on any atom is -0.497 e. The van der Waals surface area contributed by atoms with Crippen LogP contribution in [0.2, 0.25) is 0 Å². The second kappa shape index (κ2) is 11.8. The first-order valence-corrected chi connectivity index (χ1v) is 10.7. The van der Waals surface area contributed by atoms with Gasteiger partial charge in [-0.3, -0.25) is 0 Å². The van der Waals surface area contributed by atoms with Gasteiger partial charge >= 0.3 is 0 Å². The molecule has 0 saturated carbocycles. The first kappa shape index (κ1) is 22.4. The third-order valence-corrected chi connectivity index (χ3v) is 4.81. The maximum absolute atomic E-state index is 6.06. The van der Waals surface area contributed by atoms with Crippen molar-refractivity contribution in [2.45, 2.75) is 19.3 Å². The Morgan fingerprint density at radius 1 is 0.839 bits per heavy atom. The van der Waals surface area contributed by atoms with Crippen LogP contribution in [0.1, 0.15) is 19.3 Å². The van der Waals surface area contributed by atoms with Crippen LogP contribution in [0.15, 0.2) is 72.8 Å². The molecular weight excluding hydrogens is 408 g/mol. The van der Waals surface area contributed by atoms with E-state index in [1.807, 2.05) is 66.7 Å². The van der Waals surface area contributed by atoms with Crippen LogP contribution in [0.3, 0.4) is 0 Å². The third-order valence-electron chi connectivity index (χ3n) is 4.70. The van der Waals surface area contributed by atoms with Gasteiger partial charge in [0.05, 0.1) is 20.3 Å². The van der Waals surface area contributed by atoms with Gasteiger partial charge in [-0.25, -0.2) is 0 Å². The van der Waals surface area contributed by atoms with Crippen molar-refractivity contribution in [1.82, 2.24) is 0 Å². The molecule has 0 aliphatic rings. The molecule has 3 N–H and O–H groups in total. The minimum atomic E-state index is 0.241. The Bertz CT molecular complexity index is 977. The van der Waals surface area contributed by atoms with Gasteiger partial charge in [-0.1, -0.05) is 36.4 Å². The fourth-order valence-electron chi connectivity index (χ4n) is 3.16. The van der Waals surface area contributed by atoms with Gasteiger partial charge < -0.3 is 25.3 Å². The average molecular weight is 437 g/mol. The normalized spacial score (nSPS) is 10.4. The van der Waals surface area contributed by atoms with Crippen molar-refractivity contribution < 1.29 is 14.2 Å². The van der Waals surface area contributed by atoms with Gasteiger partial charge in [-0.15, -0.1) is 0 Å². The number of hydrogen-bond donors (Lipinski definition) is 2. The van der Waals surface area contributed by atoms with Crippen molar-refractivity contribution in [3.63, 3.8) is 0 Å². The minimum absolute atomic E-state index is 0.241. The van der Waals surface area contributed by atoms with Crippen molar-refractivity contribution in [2.24, 2.45) is 5.73 Å². The van der Waals surface area contributed by atoms with Crippen molar-refractivity contribution in [3.05, 3.63) is 72.8 Å². The number of nitrogens with two attached hydrogens (primary N) is 1. The highest BCUT2D eigenvalue weighted by atomic mass is 32.1. The number of ether oxygens (including phenoxy) is 3. The number of thiocarbonyl (C=S) groups is 1. The number of hydrogen-bond acceptors (Lipinski definition) is 4. The van der Waals surface area contributed by atoms with E-state index in [4.69, 9.17) is 32.2 Å². The molecule has 0 fully saturated rings. The van der Waals surface area contributed by atoms with E-state index in [2.05, 4.69) is 11.4 Å². The van der Waals surface area contributed by atoms with E-state index in [0.29, 0.717) is 13.2 Å². The number of unbranched alkanes of at least 4 members (excludes halogenated alkanes) is 2. The summed E-state index contributed by atoms with van der Waals surface area (Å²) in [6.45, 7) is 1.32. The lowest BCUT2D eigenvalue weighted by Gasteiger charge is -2.12. The summed E-state index contributed by atoms with van der Waals surface area (Å²) < 4.78 is 17.1. The first-order chi connectivity index (χ1) is 15.2. The van der Waals surface area contributed by atoms with Crippen molar-refractivity contribution in [2.75, 3.05) is 25.6 Å². The van der Waals surface area contributed by atoms with Crippen LogP contribution < -0.4 is 25.3 Å². The van der Waals surface area contributed by atoms with Crippen LogP contribution in [0.25, 0.3) is 11.1 Å². The summed E-state index contributed by atoms with van der Waals surface area (Å²) in [6.07, 6.45) is 2.94. The number of benzene rings is 3. The quantitative estimate of drug-likeness (QED) is 0.299. The molecule has 3 aromatic carbocycles. The Kier molecular flexibility index (Phi) is 8.55. The summed E-state index contributed by atoms with van der Waals surface area (Å²) in [6, 6.07) is 23.7. The van der Waals surface area contributed by atoms with E-state index in [9.17, 15) is 0 Å². The van der Waals surface area contributed by atoms with Gasteiger partial charge in [-0.2, -0.15) is 0 Å². The monoisotopic (exact) mass is 436 g/mol. The molecule has 3 rings (SSSR count). The van der Waals surface area contributed by atoms with Gasteiger partial charge in [0.15, 0.2) is 5.11 Å². The summed E-state index contributed by atoms with van der Waals surface area (Å²) in [5.41, 5.74) is 8.52. The number of nitrogens with one attached hydrogen (secondary N) is 1. The molecule has 0 spiro atoms. The van der Waals surface area contributed by atoms with Gasteiger partial charge in [0, 0.05) is 17.3 Å². The van der Waals surface area contributed by atoms with E-state index in [-0.39, 0.29) is 5.11 Å². The second-order valence-corrected chi connectivity index (χ2v) is 7.44. The molecule has 0 aromatic heterocycles. The Morgan fingerprint density at radius 3 is 2.32 bits per heavy atom. The third kappa shape index (κ3) is 7.19. The standard InChI is InChI=1S/C25H28N2O3S/c1-28-21-14-12-19(13-15-21)23-10-3-4-11-24(23)30-17-6-2-5-16-29-22-9-7-8-20(18-22)27-25(26)31/h3-4,7-15,18H,2,5-6,16-17H2,1H3,(H3,26,27,31). The lowest BCUT2D eigenvalue weighted by molar-refractivity contribution is 0.280. The van der Waals surface area contributed by atoms with E-state index in [1.54, 1.807) is 7.11 Å². The molecule has 0 aliphatic heterocycles. The molecule has 0 saturated heterocycles. The first-order valence-electron chi connectivity index (χ1n) is 10.3. The van der Waals surface area contributed by atoms with Gasteiger partial charge in [0.2, 0.25) is 0 Å². The number of methoxy groups -OCH3 is 1. The van der Waals surface area contributed by atoms with Crippen LogP contribution in [-0.2, 0) is 0 Å². The molecule has 0 heterocycles. The van der Waals surface area contributed by atoms with Gasteiger partial charge in [-0.05, 0) is 67.4 Å². The predicted octanol–water partition coefficient (Wildman–Crippen LogP) is 5.65. The lowest BCUT2D eigenvalue weighted by atomic mass is 10.0. The molecule has 0 bridgehead atoms. The highest BCUT2D eigenvalue weighted by molar-refractivity contribution is 7.80. The smallest absolute Gasteiger partial charge is 0.168 e. The Labute approximate surface area is 189 Å². The van der Waals surface area contributed by atoms with Crippen molar-refractivity contribution in [3.8, 4) is 28.4 Å². The second-order valence-electron chi connectivity index (χ2n) is 7.00. The summed E-state index contributed by atoms with van der Waals surface area (Å²) in [4.78, 5) is 0. The zero-order valence-electron chi connectivity index (χ0n) is 17.7. The zero-order chi connectivity index (χ0) is 21.9. The van der Waals surface area contributed by atoms with E-state index in [0.717, 1.165) is 53.3 Å². The van der Waals surface area contributed by atoms with E-state index >= 15 is 0 Å². The topological polar surface area (TPSA) is 65.7 Å². The van der Waals surface area contributed by atoms with Crippen LogP contribution in [0, 0.1) is 0 Å². The molecule has 0 amide bonds. The van der Waals surface area contributed by atoms with Crippen molar-refractivity contribution in [1.29, 1.82) is 0 Å². The molecule has 0 radical (unpaired) electrons. The molecule has 0 unspecified atom stereocenters. The lowest BCUT2D eigenvalue weighted by Crippen LogP contribution is -2.18. The van der Waals surface area contributed by atoms with Crippen LogP contribution in [0.5, 0.6) is 17.2 Å². The molecule has 5 nitrogen and oxygen atoms in total. The molecule has 162 valence electrons. The molecule has 6 heteroatoms. The molecular formula is C25H28N2O3S. The van der Waals surface area contributed by atoms with Gasteiger partial charge in [0.1, 0.15) is 17.2 Å². The van der Waals surface area contributed by atoms with Crippen LogP contribution in [0.4, 0.5) is 5.69 Å².